The number of hydrogen-bond acceptors (Lipinski definition) is 2. The van der Waals surface area contributed by atoms with Crippen molar-refractivity contribution in [2.75, 3.05) is 0 Å². The number of aromatic nitrogens is 2. The monoisotopic (exact) mass is 354 g/mol. The van der Waals surface area contributed by atoms with Crippen LogP contribution in [0.5, 0.6) is 0 Å². The van der Waals surface area contributed by atoms with Gasteiger partial charge in [-0.3, -0.25) is 0 Å². The van der Waals surface area contributed by atoms with Gasteiger partial charge in [-0.05, 0) is 18.2 Å². The van der Waals surface area contributed by atoms with Crippen molar-refractivity contribution >= 4 is 50.7 Å². The highest BCUT2D eigenvalue weighted by Crippen LogP contribution is 2.31. The molecule has 0 amide bonds. The normalized spacial score (nSPS) is 10.6. The SMILES string of the molecule is Fc1c(Cl)nc(-c2cc(Cl)ccc2Br)nc1Cl. The molecule has 0 bridgehead atoms. The van der Waals surface area contributed by atoms with Crippen molar-refractivity contribution in [1.29, 1.82) is 0 Å². The number of nitrogens with zero attached hydrogens (tertiary/aromatic N) is 2. The molecule has 0 atom stereocenters. The van der Waals surface area contributed by atoms with Gasteiger partial charge in [-0.2, -0.15) is 0 Å². The second-order valence-electron chi connectivity index (χ2n) is 3.07. The van der Waals surface area contributed by atoms with Gasteiger partial charge in [0.25, 0.3) is 0 Å². The third-order valence-electron chi connectivity index (χ3n) is 1.94. The maximum absolute atomic E-state index is 13.2. The minimum Gasteiger partial charge on any atom is -0.213 e. The summed E-state index contributed by atoms with van der Waals surface area (Å²) in [4.78, 5) is 7.62. The first-order chi connectivity index (χ1) is 7.99. The molecule has 1 aromatic heterocycles. The number of hydrogen-bond donors (Lipinski definition) is 0. The average Bonchev–Trinajstić information content (AvgIpc) is 2.28. The molecule has 0 aliphatic rings. The van der Waals surface area contributed by atoms with E-state index >= 15 is 0 Å². The molecule has 88 valence electrons. The Kier molecular flexibility index (Phi) is 3.88. The topological polar surface area (TPSA) is 25.8 Å². The lowest BCUT2D eigenvalue weighted by Crippen LogP contribution is -1.95. The summed E-state index contributed by atoms with van der Waals surface area (Å²) < 4.78 is 13.9. The fourth-order valence-electron chi connectivity index (χ4n) is 1.18. The Bertz CT molecular complexity index is 569. The first-order valence-electron chi connectivity index (χ1n) is 4.33. The van der Waals surface area contributed by atoms with Gasteiger partial charge in [-0.25, -0.2) is 14.4 Å². The molecule has 2 nitrogen and oxygen atoms in total. The van der Waals surface area contributed by atoms with Crippen LogP contribution in [0.4, 0.5) is 4.39 Å². The minimum absolute atomic E-state index is 0.204. The Hall–Kier alpha value is -0.420. The van der Waals surface area contributed by atoms with Crippen molar-refractivity contribution in [3.05, 3.63) is 43.8 Å². The molecule has 0 saturated heterocycles. The summed E-state index contributed by atoms with van der Waals surface area (Å²) in [5.74, 6) is -0.633. The van der Waals surface area contributed by atoms with Crippen LogP contribution in [0.25, 0.3) is 11.4 Å². The highest BCUT2D eigenvalue weighted by atomic mass is 79.9. The molecule has 7 heteroatoms. The Morgan fingerprint density at radius 3 is 2.24 bits per heavy atom. The van der Waals surface area contributed by atoms with E-state index in [0.717, 1.165) is 0 Å². The van der Waals surface area contributed by atoms with E-state index in [2.05, 4.69) is 25.9 Å². The maximum Gasteiger partial charge on any atom is 0.197 e. The summed E-state index contributed by atoms with van der Waals surface area (Å²) in [7, 11) is 0. The molecule has 0 unspecified atom stereocenters. The van der Waals surface area contributed by atoms with Crippen molar-refractivity contribution in [3.8, 4) is 11.4 Å². The first-order valence-corrected chi connectivity index (χ1v) is 6.25. The molecule has 1 heterocycles. The third kappa shape index (κ3) is 2.71. The quantitative estimate of drug-likeness (QED) is 0.672. The van der Waals surface area contributed by atoms with Gasteiger partial charge < -0.3 is 0 Å². The summed E-state index contributed by atoms with van der Waals surface area (Å²) in [5, 5.41) is -0.151. The number of rotatable bonds is 1. The second-order valence-corrected chi connectivity index (χ2v) is 5.07. The molecule has 0 aliphatic heterocycles. The van der Waals surface area contributed by atoms with Crippen LogP contribution >= 0.6 is 50.7 Å². The molecule has 2 aromatic rings. The van der Waals surface area contributed by atoms with Crippen LogP contribution in [0.2, 0.25) is 15.3 Å². The minimum atomic E-state index is -0.838. The van der Waals surface area contributed by atoms with Gasteiger partial charge in [-0.15, -0.1) is 0 Å². The zero-order valence-corrected chi connectivity index (χ0v) is 11.9. The Morgan fingerprint density at radius 2 is 1.65 bits per heavy atom. The molecule has 0 saturated carbocycles. The summed E-state index contributed by atoms with van der Waals surface area (Å²) >= 11 is 20.4. The molecule has 0 spiro atoms. The highest BCUT2D eigenvalue weighted by molar-refractivity contribution is 9.10. The maximum atomic E-state index is 13.2. The van der Waals surface area contributed by atoms with E-state index in [9.17, 15) is 4.39 Å². The fraction of sp³-hybridized carbons (Fsp3) is 0. The molecule has 1 aromatic carbocycles. The van der Waals surface area contributed by atoms with E-state index in [4.69, 9.17) is 34.8 Å². The van der Waals surface area contributed by atoms with Crippen LogP contribution in [-0.4, -0.2) is 9.97 Å². The van der Waals surface area contributed by atoms with E-state index in [-0.39, 0.29) is 16.1 Å². The van der Waals surface area contributed by atoms with Crippen LogP contribution in [0.15, 0.2) is 22.7 Å². The molecule has 17 heavy (non-hydrogen) atoms. The van der Waals surface area contributed by atoms with E-state index in [0.29, 0.717) is 15.1 Å². The molecular formula is C10H3BrCl3FN2. The van der Waals surface area contributed by atoms with Crippen molar-refractivity contribution in [2.45, 2.75) is 0 Å². The highest BCUT2D eigenvalue weighted by Gasteiger charge is 2.14. The van der Waals surface area contributed by atoms with Crippen LogP contribution < -0.4 is 0 Å². The summed E-state index contributed by atoms with van der Waals surface area (Å²) in [6, 6.07) is 5.06. The lowest BCUT2D eigenvalue weighted by atomic mass is 10.2. The zero-order valence-electron chi connectivity index (χ0n) is 8.02. The lowest BCUT2D eigenvalue weighted by Gasteiger charge is -2.05. The average molecular weight is 356 g/mol. The Morgan fingerprint density at radius 1 is 1.06 bits per heavy atom. The predicted molar refractivity (Wildman–Crippen MR) is 70.2 cm³/mol. The molecule has 0 radical (unpaired) electrons. The van der Waals surface area contributed by atoms with E-state index in [1.807, 2.05) is 0 Å². The van der Waals surface area contributed by atoms with Gasteiger partial charge in [-0.1, -0.05) is 50.7 Å². The summed E-state index contributed by atoms with van der Waals surface area (Å²) in [5.41, 5.74) is 0.585. The van der Waals surface area contributed by atoms with Crippen LogP contribution in [-0.2, 0) is 0 Å². The van der Waals surface area contributed by atoms with Gasteiger partial charge in [0.2, 0.25) is 0 Å². The molecule has 0 aliphatic carbocycles. The number of halogens is 5. The van der Waals surface area contributed by atoms with Crippen molar-refractivity contribution < 1.29 is 4.39 Å². The summed E-state index contributed by atoms with van der Waals surface area (Å²) in [6.07, 6.45) is 0. The second kappa shape index (κ2) is 5.06. The van der Waals surface area contributed by atoms with Gasteiger partial charge in [0, 0.05) is 15.1 Å². The van der Waals surface area contributed by atoms with Gasteiger partial charge >= 0.3 is 0 Å². The lowest BCUT2D eigenvalue weighted by molar-refractivity contribution is 0.615. The zero-order chi connectivity index (χ0) is 12.6. The van der Waals surface area contributed by atoms with E-state index in [1.165, 1.54) is 0 Å². The molecular weight excluding hydrogens is 353 g/mol. The third-order valence-corrected chi connectivity index (χ3v) is 3.37. The number of benzene rings is 1. The standard InChI is InChI=1S/C10H3BrCl3FN2/c11-6-2-1-4(12)3-5(6)10-16-8(13)7(15)9(14)17-10/h1-3H. The van der Waals surface area contributed by atoms with Crippen LogP contribution in [0.1, 0.15) is 0 Å². The Labute approximate surface area is 120 Å². The first kappa shape index (κ1) is 13.0. The predicted octanol–water partition coefficient (Wildman–Crippen LogP) is 5.01. The van der Waals surface area contributed by atoms with Gasteiger partial charge in [0.05, 0.1) is 0 Å². The molecule has 0 N–H and O–H groups in total. The van der Waals surface area contributed by atoms with Crippen molar-refractivity contribution in [2.24, 2.45) is 0 Å². The molecule has 0 fully saturated rings. The van der Waals surface area contributed by atoms with Gasteiger partial charge in [0.1, 0.15) is 0 Å². The summed E-state index contributed by atoms with van der Waals surface area (Å²) in [6.45, 7) is 0. The Balaban J connectivity index is 2.64. The van der Waals surface area contributed by atoms with Crippen LogP contribution in [0, 0.1) is 5.82 Å². The van der Waals surface area contributed by atoms with Crippen molar-refractivity contribution in [3.63, 3.8) is 0 Å². The van der Waals surface area contributed by atoms with E-state index in [1.54, 1.807) is 18.2 Å². The smallest absolute Gasteiger partial charge is 0.197 e. The van der Waals surface area contributed by atoms with Crippen LogP contribution in [0.3, 0.4) is 0 Å². The van der Waals surface area contributed by atoms with E-state index < -0.39 is 5.82 Å². The largest absolute Gasteiger partial charge is 0.213 e. The van der Waals surface area contributed by atoms with Crippen molar-refractivity contribution in [1.82, 2.24) is 9.97 Å². The molecule has 2 rings (SSSR count). The van der Waals surface area contributed by atoms with Gasteiger partial charge in [0.15, 0.2) is 21.9 Å². The fourth-order valence-corrected chi connectivity index (χ4v) is 2.17.